The minimum atomic E-state index is 0.278. The van der Waals surface area contributed by atoms with Crippen LogP contribution in [0.2, 0.25) is 0 Å². The van der Waals surface area contributed by atoms with Gasteiger partial charge in [0.25, 0.3) is 0 Å². The van der Waals surface area contributed by atoms with E-state index in [1.54, 1.807) is 16.8 Å². The summed E-state index contributed by atoms with van der Waals surface area (Å²) in [5, 5.41) is 23.8. The Morgan fingerprint density at radius 2 is 1.74 bits per heavy atom. The fourth-order valence-electron chi connectivity index (χ4n) is 2.35. The van der Waals surface area contributed by atoms with E-state index in [1.807, 2.05) is 30.1 Å². The molecule has 0 spiro atoms. The first-order valence-corrected chi connectivity index (χ1v) is 7.69. The minimum absolute atomic E-state index is 0.278. The highest BCUT2D eigenvalue weighted by Crippen LogP contribution is 2.19. The van der Waals surface area contributed by atoms with Crippen molar-refractivity contribution in [3.05, 3.63) is 41.6 Å². The van der Waals surface area contributed by atoms with Crippen molar-refractivity contribution >= 4 is 5.82 Å². The van der Waals surface area contributed by atoms with E-state index in [4.69, 9.17) is 5.26 Å². The largest absolute Gasteiger partial charge is 0.273 e. The van der Waals surface area contributed by atoms with Crippen LogP contribution in [0.4, 0.5) is 5.82 Å². The first-order valence-electron chi connectivity index (χ1n) is 7.69. The van der Waals surface area contributed by atoms with Crippen LogP contribution in [0, 0.1) is 18.3 Å². The minimum Gasteiger partial charge on any atom is -0.273 e. The number of hydrogen-bond donors (Lipinski definition) is 0. The fraction of sp³-hybridized carbons (Fsp3) is 0.412. The van der Waals surface area contributed by atoms with Gasteiger partial charge in [-0.05, 0) is 58.9 Å². The predicted octanol–water partition coefficient (Wildman–Crippen LogP) is 4.17. The molecule has 0 unspecified atom stereocenters. The van der Waals surface area contributed by atoms with Crippen LogP contribution in [0.5, 0.6) is 0 Å². The number of nitriles is 1. The molecule has 2 aromatic rings. The van der Waals surface area contributed by atoms with Crippen molar-refractivity contribution in [3.8, 4) is 11.8 Å². The van der Waals surface area contributed by atoms with E-state index in [9.17, 15) is 0 Å². The third-order valence-electron chi connectivity index (χ3n) is 3.42. The third-order valence-corrected chi connectivity index (χ3v) is 3.42. The Balaban J connectivity index is 2.25. The monoisotopic (exact) mass is 310 g/mol. The Hall–Kier alpha value is -2.68. The maximum absolute atomic E-state index is 8.86. The molecule has 0 saturated carbocycles. The lowest BCUT2D eigenvalue weighted by molar-refractivity contribution is 0.169. The average molecular weight is 310 g/mol. The zero-order valence-corrected chi connectivity index (χ0v) is 14.2. The first kappa shape index (κ1) is 16.7. The van der Waals surface area contributed by atoms with Gasteiger partial charge in [-0.15, -0.1) is 10.2 Å². The molecule has 2 rings (SSSR count). The summed E-state index contributed by atoms with van der Waals surface area (Å²) in [4.78, 5) is 0. The highest BCUT2D eigenvalue weighted by atomic mass is 15.6. The third kappa shape index (κ3) is 3.95. The van der Waals surface area contributed by atoms with Gasteiger partial charge >= 0.3 is 0 Å². The van der Waals surface area contributed by atoms with Gasteiger partial charge in [-0.2, -0.15) is 5.26 Å². The van der Waals surface area contributed by atoms with Crippen LogP contribution < -0.4 is 0 Å². The van der Waals surface area contributed by atoms with Gasteiger partial charge in [-0.1, -0.05) is 5.22 Å². The van der Waals surface area contributed by atoms with Crippen molar-refractivity contribution in [2.75, 3.05) is 0 Å². The SMILES string of the molecule is Cc1cc(N=NN(C(C)C)C(C)C)nn1-c1ccc(C#N)cc1. The van der Waals surface area contributed by atoms with Gasteiger partial charge in [0.1, 0.15) is 0 Å². The maximum Gasteiger partial charge on any atom is 0.198 e. The van der Waals surface area contributed by atoms with E-state index >= 15 is 0 Å². The second kappa shape index (κ2) is 7.05. The van der Waals surface area contributed by atoms with Crippen molar-refractivity contribution in [2.24, 2.45) is 10.3 Å². The molecule has 23 heavy (non-hydrogen) atoms. The van der Waals surface area contributed by atoms with Crippen molar-refractivity contribution < 1.29 is 0 Å². The second-order valence-corrected chi connectivity index (χ2v) is 5.97. The highest BCUT2D eigenvalue weighted by molar-refractivity contribution is 5.41. The zero-order valence-electron chi connectivity index (χ0n) is 14.2. The van der Waals surface area contributed by atoms with Crippen molar-refractivity contribution in [2.45, 2.75) is 46.7 Å². The van der Waals surface area contributed by atoms with Crippen LogP contribution in [0.15, 0.2) is 40.7 Å². The lowest BCUT2D eigenvalue weighted by atomic mass is 10.2. The molecule has 0 fully saturated rings. The summed E-state index contributed by atoms with van der Waals surface area (Å²) < 4.78 is 1.80. The Bertz CT molecular complexity index is 711. The molecule has 0 amide bonds. The van der Waals surface area contributed by atoms with E-state index in [2.05, 4.69) is 49.2 Å². The van der Waals surface area contributed by atoms with Crippen molar-refractivity contribution in [1.29, 1.82) is 5.26 Å². The van der Waals surface area contributed by atoms with Crippen LogP contribution in [0.25, 0.3) is 5.69 Å². The predicted molar refractivity (Wildman–Crippen MR) is 89.6 cm³/mol. The number of aromatic nitrogens is 2. The smallest absolute Gasteiger partial charge is 0.198 e. The van der Waals surface area contributed by atoms with Gasteiger partial charge in [0.05, 0.1) is 17.3 Å². The van der Waals surface area contributed by atoms with Crippen molar-refractivity contribution in [1.82, 2.24) is 14.8 Å². The first-order chi connectivity index (χ1) is 10.9. The summed E-state index contributed by atoms with van der Waals surface area (Å²) in [5.41, 5.74) is 2.49. The molecule has 1 aromatic carbocycles. The van der Waals surface area contributed by atoms with Crippen LogP contribution >= 0.6 is 0 Å². The lowest BCUT2D eigenvalue weighted by Gasteiger charge is -2.25. The Morgan fingerprint density at radius 3 is 2.26 bits per heavy atom. The molecular formula is C17H22N6. The highest BCUT2D eigenvalue weighted by Gasteiger charge is 2.11. The number of benzene rings is 1. The van der Waals surface area contributed by atoms with Crippen LogP contribution in [-0.2, 0) is 0 Å². The van der Waals surface area contributed by atoms with Gasteiger partial charge < -0.3 is 0 Å². The quantitative estimate of drug-likeness (QED) is 0.614. The average Bonchev–Trinajstić information content (AvgIpc) is 2.88. The Kier molecular flexibility index (Phi) is 5.12. The van der Waals surface area contributed by atoms with Gasteiger partial charge in [-0.25, -0.2) is 4.68 Å². The van der Waals surface area contributed by atoms with Gasteiger partial charge in [0.15, 0.2) is 5.82 Å². The zero-order chi connectivity index (χ0) is 17.0. The molecule has 120 valence electrons. The van der Waals surface area contributed by atoms with Gasteiger partial charge in [-0.3, -0.25) is 5.01 Å². The molecule has 0 saturated heterocycles. The number of aryl methyl sites for hydroxylation is 1. The molecule has 6 heteroatoms. The van der Waals surface area contributed by atoms with E-state index < -0.39 is 0 Å². The normalized spacial score (nSPS) is 11.4. The van der Waals surface area contributed by atoms with E-state index in [-0.39, 0.29) is 12.1 Å². The summed E-state index contributed by atoms with van der Waals surface area (Å²) >= 11 is 0. The summed E-state index contributed by atoms with van der Waals surface area (Å²) in [6.07, 6.45) is 0. The maximum atomic E-state index is 8.86. The second-order valence-electron chi connectivity index (χ2n) is 5.97. The molecule has 0 radical (unpaired) electrons. The lowest BCUT2D eigenvalue weighted by Crippen LogP contribution is -2.31. The number of hydrogen-bond acceptors (Lipinski definition) is 4. The molecule has 0 bridgehead atoms. The molecular weight excluding hydrogens is 288 g/mol. The van der Waals surface area contributed by atoms with Crippen LogP contribution in [-0.4, -0.2) is 26.9 Å². The Labute approximate surface area is 137 Å². The molecule has 0 N–H and O–H groups in total. The summed E-state index contributed by atoms with van der Waals surface area (Å²) in [6.45, 7) is 10.3. The number of nitrogens with zero attached hydrogens (tertiary/aromatic N) is 6. The van der Waals surface area contributed by atoms with E-state index in [1.165, 1.54) is 0 Å². The molecule has 0 aliphatic rings. The molecule has 6 nitrogen and oxygen atoms in total. The molecule has 0 aliphatic heterocycles. The van der Waals surface area contributed by atoms with E-state index in [0.29, 0.717) is 11.4 Å². The molecule has 1 heterocycles. The number of rotatable bonds is 5. The summed E-state index contributed by atoms with van der Waals surface area (Å²) in [6, 6.07) is 11.8. The molecule has 0 aliphatic carbocycles. The molecule has 0 atom stereocenters. The van der Waals surface area contributed by atoms with Gasteiger partial charge in [0, 0.05) is 23.8 Å². The van der Waals surface area contributed by atoms with Crippen LogP contribution in [0.3, 0.4) is 0 Å². The van der Waals surface area contributed by atoms with Gasteiger partial charge in [0.2, 0.25) is 0 Å². The van der Waals surface area contributed by atoms with Crippen LogP contribution in [0.1, 0.15) is 39.0 Å². The van der Waals surface area contributed by atoms with Crippen molar-refractivity contribution in [3.63, 3.8) is 0 Å². The van der Waals surface area contributed by atoms with E-state index in [0.717, 1.165) is 11.4 Å². The molecule has 1 aromatic heterocycles. The summed E-state index contributed by atoms with van der Waals surface area (Å²) in [5.74, 6) is 0.568. The Morgan fingerprint density at radius 1 is 1.13 bits per heavy atom. The topological polar surface area (TPSA) is 69.6 Å². The summed E-state index contributed by atoms with van der Waals surface area (Å²) in [7, 11) is 0. The fourth-order valence-corrected chi connectivity index (χ4v) is 2.35. The standard InChI is InChI=1S/C17H22N6/c1-12(2)22(13(3)4)21-19-17-10-14(5)23(20-17)16-8-6-15(11-18)7-9-16/h6-10,12-13H,1-5H3.